The Hall–Kier alpha value is -2.22. The van der Waals surface area contributed by atoms with E-state index in [1.165, 1.54) is 4.52 Å². The van der Waals surface area contributed by atoms with Gasteiger partial charge in [0.15, 0.2) is 5.65 Å². The molecule has 8 nitrogen and oxygen atoms in total. The van der Waals surface area contributed by atoms with Crippen LogP contribution in [0.5, 0.6) is 0 Å². The van der Waals surface area contributed by atoms with E-state index >= 15 is 0 Å². The van der Waals surface area contributed by atoms with Gasteiger partial charge in [-0.25, -0.2) is 4.79 Å². The van der Waals surface area contributed by atoms with Crippen LogP contribution >= 0.6 is 0 Å². The number of hydrogen-bond acceptors (Lipinski definition) is 6. The number of nitrogens with zero attached hydrogens (tertiary/aromatic N) is 3. The molecule has 0 atom stereocenters. The number of hydrogen-bond donors (Lipinski definition) is 1. The van der Waals surface area contributed by atoms with Crippen molar-refractivity contribution >= 4 is 11.6 Å². The summed E-state index contributed by atoms with van der Waals surface area (Å²) in [6.07, 6.45) is 1.74. The second-order valence-electron chi connectivity index (χ2n) is 4.85. The Morgan fingerprint density at radius 3 is 3.00 bits per heavy atom. The van der Waals surface area contributed by atoms with Gasteiger partial charge in [-0.05, 0) is 19.8 Å². The Morgan fingerprint density at radius 2 is 2.29 bits per heavy atom. The SMILES string of the molecule is CCOC(=O)c1n[nH]c2cc(C3CCOCC3)nn2c1=O. The fraction of sp³-hybridized carbons (Fsp3) is 0.538. The minimum atomic E-state index is -0.747. The molecule has 0 spiro atoms. The molecule has 3 rings (SSSR count). The minimum absolute atomic E-state index is 0.185. The van der Waals surface area contributed by atoms with Crippen molar-refractivity contribution in [3.8, 4) is 0 Å². The molecule has 1 aliphatic rings. The number of esters is 1. The average Bonchev–Trinajstić information content (AvgIpc) is 2.94. The topological polar surface area (TPSA) is 98.6 Å². The van der Waals surface area contributed by atoms with Crippen LogP contribution in [0.2, 0.25) is 0 Å². The molecule has 0 saturated carbocycles. The molecular weight excluding hydrogens is 276 g/mol. The zero-order chi connectivity index (χ0) is 14.8. The Labute approximate surface area is 120 Å². The van der Waals surface area contributed by atoms with Gasteiger partial charge in [0.1, 0.15) is 0 Å². The van der Waals surface area contributed by atoms with Crippen LogP contribution in [-0.2, 0) is 9.47 Å². The van der Waals surface area contributed by atoms with E-state index in [0.29, 0.717) is 18.9 Å². The molecule has 1 aliphatic heterocycles. The number of fused-ring (bicyclic) bond motifs is 1. The lowest BCUT2D eigenvalue weighted by atomic mass is 9.97. The van der Waals surface area contributed by atoms with Crippen molar-refractivity contribution < 1.29 is 14.3 Å². The van der Waals surface area contributed by atoms with E-state index in [0.717, 1.165) is 18.5 Å². The van der Waals surface area contributed by atoms with Gasteiger partial charge in [-0.2, -0.15) is 14.7 Å². The molecule has 112 valence electrons. The predicted octanol–water partition coefficient (Wildman–Crippen LogP) is 0.488. The van der Waals surface area contributed by atoms with Gasteiger partial charge in [-0.15, -0.1) is 0 Å². The molecule has 0 radical (unpaired) electrons. The van der Waals surface area contributed by atoms with Gasteiger partial charge < -0.3 is 9.47 Å². The Kier molecular flexibility index (Phi) is 3.70. The highest BCUT2D eigenvalue weighted by atomic mass is 16.5. The highest BCUT2D eigenvalue weighted by molar-refractivity contribution is 5.86. The van der Waals surface area contributed by atoms with Crippen molar-refractivity contribution in [3.05, 3.63) is 27.8 Å². The van der Waals surface area contributed by atoms with Crippen molar-refractivity contribution in [1.29, 1.82) is 0 Å². The first kappa shape index (κ1) is 13.7. The van der Waals surface area contributed by atoms with E-state index in [-0.39, 0.29) is 18.2 Å². The number of aromatic amines is 1. The largest absolute Gasteiger partial charge is 0.461 e. The maximum absolute atomic E-state index is 12.2. The molecule has 2 aromatic heterocycles. The molecule has 0 unspecified atom stereocenters. The number of carbonyl (C=O) groups excluding carboxylic acids is 1. The molecule has 0 amide bonds. The van der Waals surface area contributed by atoms with Crippen LogP contribution in [0.1, 0.15) is 41.9 Å². The molecule has 0 aliphatic carbocycles. The lowest BCUT2D eigenvalue weighted by Crippen LogP contribution is -2.27. The van der Waals surface area contributed by atoms with Crippen LogP contribution in [0.3, 0.4) is 0 Å². The Balaban J connectivity index is 1.99. The van der Waals surface area contributed by atoms with Gasteiger partial charge in [0.25, 0.3) is 0 Å². The minimum Gasteiger partial charge on any atom is -0.461 e. The second kappa shape index (κ2) is 5.65. The number of aromatic nitrogens is 4. The standard InChI is InChI=1S/C13H16N4O4/c1-2-21-13(19)11-12(18)17-10(14-15-11)7-9(16-17)8-3-5-20-6-4-8/h7-8,14H,2-6H2,1H3. The van der Waals surface area contributed by atoms with Crippen molar-refractivity contribution in [2.75, 3.05) is 19.8 Å². The van der Waals surface area contributed by atoms with Crippen molar-refractivity contribution in [3.63, 3.8) is 0 Å². The third kappa shape index (κ3) is 2.54. The van der Waals surface area contributed by atoms with Crippen LogP contribution < -0.4 is 5.56 Å². The van der Waals surface area contributed by atoms with E-state index in [4.69, 9.17) is 9.47 Å². The van der Waals surface area contributed by atoms with E-state index in [1.807, 2.05) is 0 Å². The van der Waals surface area contributed by atoms with Crippen LogP contribution in [0.25, 0.3) is 5.65 Å². The van der Waals surface area contributed by atoms with E-state index < -0.39 is 11.5 Å². The predicted molar refractivity (Wildman–Crippen MR) is 72.4 cm³/mol. The molecule has 1 saturated heterocycles. The quantitative estimate of drug-likeness (QED) is 0.827. The maximum Gasteiger partial charge on any atom is 0.364 e. The van der Waals surface area contributed by atoms with Crippen LogP contribution in [0, 0.1) is 0 Å². The molecular formula is C13H16N4O4. The number of ether oxygens (including phenoxy) is 2. The van der Waals surface area contributed by atoms with E-state index in [9.17, 15) is 9.59 Å². The lowest BCUT2D eigenvalue weighted by Gasteiger charge is -2.19. The fourth-order valence-corrected chi connectivity index (χ4v) is 2.42. The first-order valence-corrected chi connectivity index (χ1v) is 6.94. The third-order valence-corrected chi connectivity index (χ3v) is 3.51. The molecule has 0 aromatic carbocycles. The summed E-state index contributed by atoms with van der Waals surface area (Å²) < 4.78 is 11.3. The average molecular weight is 292 g/mol. The van der Waals surface area contributed by atoms with Gasteiger partial charge in [0, 0.05) is 25.2 Å². The highest BCUT2D eigenvalue weighted by Crippen LogP contribution is 2.25. The van der Waals surface area contributed by atoms with Crippen molar-refractivity contribution in [2.24, 2.45) is 0 Å². The number of rotatable bonds is 3. The number of H-pyrrole nitrogens is 1. The van der Waals surface area contributed by atoms with Gasteiger partial charge >= 0.3 is 11.5 Å². The molecule has 2 aromatic rings. The van der Waals surface area contributed by atoms with Crippen LogP contribution in [0.4, 0.5) is 0 Å². The number of carbonyl (C=O) groups is 1. The highest BCUT2D eigenvalue weighted by Gasteiger charge is 2.22. The molecule has 0 bridgehead atoms. The van der Waals surface area contributed by atoms with Gasteiger partial charge in [-0.1, -0.05) is 0 Å². The summed E-state index contributed by atoms with van der Waals surface area (Å²) in [6, 6.07) is 1.79. The summed E-state index contributed by atoms with van der Waals surface area (Å²) in [4.78, 5) is 23.9. The molecule has 21 heavy (non-hydrogen) atoms. The summed E-state index contributed by atoms with van der Waals surface area (Å²) in [5, 5.41) is 10.8. The number of nitrogens with one attached hydrogen (secondary N) is 1. The molecule has 8 heteroatoms. The summed E-state index contributed by atoms with van der Waals surface area (Å²) in [7, 11) is 0. The summed E-state index contributed by atoms with van der Waals surface area (Å²) >= 11 is 0. The third-order valence-electron chi connectivity index (χ3n) is 3.51. The van der Waals surface area contributed by atoms with Gasteiger partial charge in [-0.3, -0.25) is 9.89 Å². The Bertz CT molecular complexity index is 715. The van der Waals surface area contributed by atoms with Crippen LogP contribution in [0.15, 0.2) is 10.9 Å². The normalized spacial score (nSPS) is 16.2. The van der Waals surface area contributed by atoms with Gasteiger partial charge in [0.2, 0.25) is 5.69 Å². The van der Waals surface area contributed by atoms with E-state index in [2.05, 4.69) is 15.3 Å². The summed E-state index contributed by atoms with van der Waals surface area (Å²) in [6.45, 7) is 3.24. The first-order valence-electron chi connectivity index (χ1n) is 6.94. The van der Waals surface area contributed by atoms with Crippen LogP contribution in [-0.4, -0.2) is 45.6 Å². The van der Waals surface area contributed by atoms with Crippen molar-refractivity contribution in [1.82, 2.24) is 19.8 Å². The zero-order valence-electron chi connectivity index (χ0n) is 11.7. The molecule has 1 fully saturated rings. The monoisotopic (exact) mass is 292 g/mol. The Morgan fingerprint density at radius 1 is 1.52 bits per heavy atom. The smallest absolute Gasteiger partial charge is 0.364 e. The van der Waals surface area contributed by atoms with Crippen molar-refractivity contribution in [2.45, 2.75) is 25.7 Å². The summed E-state index contributed by atoms with van der Waals surface area (Å²) in [5.74, 6) is -0.485. The fourth-order valence-electron chi connectivity index (χ4n) is 2.42. The molecule has 3 heterocycles. The first-order chi connectivity index (χ1) is 10.2. The maximum atomic E-state index is 12.2. The second-order valence-corrected chi connectivity index (χ2v) is 4.85. The lowest BCUT2D eigenvalue weighted by molar-refractivity contribution is 0.0515. The van der Waals surface area contributed by atoms with E-state index in [1.54, 1.807) is 13.0 Å². The van der Waals surface area contributed by atoms with Gasteiger partial charge in [0.05, 0.1) is 12.3 Å². The summed E-state index contributed by atoms with van der Waals surface area (Å²) in [5.41, 5.74) is 0.426. The molecule has 1 N–H and O–H groups in total. The zero-order valence-corrected chi connectivity index (χ0v) is 11.7.